The number of hydrogen-bond acceptors (Lipinski definition) is 6. The largest absolute Gasteiger partial charge is 0.448 e. The van der Waals surface area contributed by atoms with Gasteiger partial charge in [0.15, 0.2) is 12.1 Å². The molecule has 23 heavy (non-hydrogen) atoms. The zero-order chi connectivity index (χ0) is 16.2. The molecule has 0 spiro atoms. The molecule has 0 radical (unpaired) electrons. The summed E-state index contributed by atoms with van der Waals surface area (Å²) in [5.41, 5.74) is 2.34. The lowest BCUT2D eigenvalue weighted by molar-refractivity contribution is -0.0249. The number of aryl methyl sites for hydroxylation is 3. The SMILES string of the molecule is Cc1cc(CC[C@@H]2CN(C(=O)c3ncoc3C)CCO2)ncn1. The molecule has 1 atom stereocenters. The Labute approximate surface area is 134 Å². The molecule has 0 N–H and O–H groups in total. The van der Waals surface area contributed by atoms with E-state index >= 15 is 0 Å². The van der Waals surface area contributed by atoms with Gasteiger partial charge in [-0.15, -0.1) is 0 Å². The van der Waals surface area contributed by atoms with E-state index in [0.717, 1.165) is 24.2 Å². The number of aromatic nitrogens is 3. The third-order valence-electron chi connectivity index (χ3n) is 3.96. The van der Waals surface area contributed by atoms with Crippen LogP contribution < -0.4 is 0 Å². The van der Waals surface area contributed by atoms with Crippen molar-refractivity contribution < 1.29 is 13.9 Å². The number of carbonyl (C=O) groups is 1. The Kier molecular flexibility index (Phi) is 4.66. The van der Waals surface area contributed by atoms with Gasteiger partial charge in [0.1, 0.15) is 12.1 Å². The molecule has 0 saturated carbocycles. The van der Waals surface area contributed by atoms with E-state index in [9.17, 15) is 4.79 Å². The highest BCUT2D eigenvalue weighted by atomic mass is 16.5. The molecule has 1 amide bonds. The van der Waals surface area contributed by atoms with Gasteiger partial charge in [0.05, 0.1) is 12.7 Å². The van der Waals surface area contributed by atoms with Crippen LogP contribution in [0.5, 0.6) is 0 Å². The number of nitrogens with zero attached hydrogens (tertiary/aromatic N) is 4. The number of ether oxygens (including phenoxy) is 1. The standard InChI is InChI=1S/C16H20N4O3/c1-11-7-13(18-9-17-11)3-4-14-8-20(5-6-22-14)16(21)15-12(2)23-10-19-15/h7,9-10,14H,3-6,8H2,1-2H3/t14-/m1/s1. The number of carbonyl (C=O) groups excluding carboxylic acids is 1. The summed E-state index contributed by atoms with van der Waals surface area (Å²) in [7, 11) is 0. The smallest absolute Gasteiger partial charge is 0.276 e. The Balaban J connectivity index is 1.58. The third kappa shape index (κ3) is 3.73. The van der Waals surface area contributed by atoms with Gasteiger partial charge in [-0.1, -0.05) is 0 Å². The highest BCUT2D eigenvalue weighted by Crippen LogP contribution is 2.15. The fourth-order valence-electron chi connectivity index (χ4n) is 2.69. The van der Waals surface area contributed by atoms with Crippen LogP contribution in [0.4, 0.5) is 0 Å². The second-order valence-corrected chi connectivity index (χ2v) is 5.69. The topological polar surface area (TPSA) is 81.4 Å². The van der Waals surface area contributed by atoms with E-state index in [2.05, 4.69) is 15.0 Å². The first-order chi connectivity index (χ1) is 11.1. The maximum atomic E-state index is 12.5. The monoisotopic (exact) mass is 316 g/mol. The van der Waals surface area contributed by atoms with E-state index in [1.165, 1.54) is 6.39 Å². The first-order valence-electron chi connectivity index (χ1n) is 7.72. The van der Waals surface area contributed by atoms with E-state index in [0.29, 0.717) is 31.2 Å². The van der Waals surface area contributed by atoms with Crippen molar-refractivity contribution in [2.24, 2.45) is 0 Å². The Morgan fingerprint density at radius 2 is 2.22 bits per heavy atom. The van der Waals surface area contributed by atoms with Crippen molar-refractivity contribution in [3.05, 3.63) is 41.6 Å². The number of amides is 1. The second kappa shape index (κ2) is 6.87. The minimum atomic E-state index is -0.0950. The van der Waals surface area contributed by atoms with E-state index in [-0.39, 0.29) is 12.0 Å². The van der Waals surface area contributed by atoms with Gasteiger partial charge in [-0.05, 0) is 32.8 Å². The summed E-state index contributed by atoms with van der Waals surface area (Å²) in [6, 6.07) is 1.98. The van der Waals surface area contributed by atoms with Crippen LogP contribution in [0.2, 0.25) is 0 Å². The maximum Gasteiger partial charge on any atom is 0.276 e. The molecule has 1 aliphatic heterocycles. The molecule has 122 valence electrons. The van der Waals surface area contributed by atoms with Gasteiger partial charge < -0.3 is 14.1 Å². The highest BCUT2D eigenvalue weighted by Gasteiger charge is 2.27. The summed E-state index contributed by atoms with van der Waals surface area (Å²) in [6.07, 6.45) is 4.51. The van der Waals surface area contributed by atoms with Gasteiger partial charge in [0.2, 0.25) is 0 Å². The van der Waals surface area contributed by atoms with Crippen LogP contribution in [-0.2, 0) is 11.2 Å². The highest BCUT2D eigenvalue weighted by molar-refractivity contribution is 5.93. The van der Waals surface area contributed by atoms with E-state index in [1.807, 2.05) is 13.0 Å². The van der Waals surface area contributed by atoms with Crippen molar-refractivity contribution in [3.63, 3.8) is 0 Å². The minimum absolute atomic E-state index is 0.00942. The predicted molar refractivity (Wildman–Crippen MR) is 82.0 cm³/mol. The summed E-state index contributed by atoms with van der Waals surface area (Å²) in [5.74, 6) is 0.455. The molecule has 2 aromatic heterocycles. The lowest BCUT2D eigenvalue weighted by atomic mass is 10.1. The van der Waals surface area contributed by atoms with Gasteiger partial charge in [-0.2, -0.15) is 0 Å². The lowest BCUT2D eigenvalue weighted by Gasteiger charge is -2.32. The van der Waals surface area contributed by atoms with E-state index < -0.39 is 0 Å². The number of hydrogen-bond donors (Lipinski definition) is 0. The van der Waals surface area contributed by atoms with Crippen molar-refractivity contribution in [1.82, 2.24) is 19.9 Å². The summed E-state index contributed by atoms with van der Waals surface area (Å²) in [6.45, 7) is 5.37. The predicted octanol–water partition coefficient (Wildman–Crippen LogP) is 1.56. The van der Waals surface area contributed by atoms with Crippen LogP contribution in [0, 0.1) is 13.8 Å². The first-order valence-corrected chi connectivity index (χ1v) is 7.72. The molecule has 7 heteroatoms. The van der Waals surface area contributed by atoms with Crippen LogP contribution in [0.15, 0.2) is 23.2 Å². The molecule has 1 aliphatic rings. The van der Waals surface area contributed by atoms with Crippen molar-refractivity contribution in [2.45, 2.75) is 32.8 Å². The first kappa shape index (κ1) is 15.6. The van der Waals surface area contributed by atoms with Crippen LogP contribution in [0.3, 0.4) is 0 Å². The maximum absolute atomic E-state index is 12.5. The van der Waals surface area contributed by atoms with Gasteiger partial charge in [0.25, 0.3) is 5.91 Å². The fraction of sp³-hybridized carbons (Fsp3) is 0.500. The van der Waals surface area contributed by atoms with Crippen molar-refractivity contribution in [3.8, 4) is 0 Å². The molecule has 1 fully saturated rings. The Morgan fingerprint density at radius 3 is 2.96 bits per heavy atom. The lowest BCUT2D eigenvalue weighted by Crippen LogP contribution is -2.46. The molecule has 3 rings (SSSR count). The number of rotatable bonds is 4. The zero-order valence-electron chi connectivity index (χ0n) is 13.4. The molecule has 0 aliphatic carbocycles. The molecule has 0 unspecified atom stereocenters. The fourth-order valence-corrected chi connectivity index (χ4v) is 2.69. The second-order valence-electron chi connectivity index (χ2n) is 5.69. The van der Waals surface area contributed by atoms with E-state index in [1.54, 1.807) is 18.2 Å². The van der Waals surface area contributed by atoms with Crippen LogP contribution >= 0.6 is 0 Å². The summed E-state index contributed by atoms with van der Waals surface area (Å²) >= 11 is 0. The van der Waals surface area contributed by atoms with Crippen LogP contribution in [0.1, 0.15) is 34.1 Å². The number of oxazole rings is 1. The summed E-state index contributed by atoms with van der Waals surface area (Å²) in [5, 5.41) is 0. The molecule has 0 aromatic carbocycles. The average Bonchev–Trinajstić information content (AvgIpc) is 2.99. The van der Waals surface area contributed by atoms with Crippen molar-refractivity contribution >= 4 is 5.91 Å². The van der Waals surface area contributed by atoms with Crippen LogP contribution in [0.25, 0.3) is 0 Å². The minimum Gasteiger partial charge on any atom is -0.448 e. The normalized spacial score (nSPS) is 18.2. The number of morpholine rings is 1. The molecular weight excluding hydrogens is 296 g/mol. The molecular formula is C16H20N4O3. The van der Waals surface area contributed by atoms with Gasteiger partial charge in [-0.3, -0.25) is 4.79 Å². The molecule has 0 bridgehead atoms. The average molecular weight is 316 g/mol. The van der Waals surface area contributed by atoms with Crippen molar-refractivity contribution in [2.75, 3.05) is 19.7 Å². The summed E-state index contributed by atoms with van der Waals surface area (Å²) < 4.78 is 10.9. The van der Waals surface area contributed by atoms with E-state index in [4.69, 9.17) is 9.15 Å². The molecule has 7 nitrogen and oxygen atoms in total. The van der Waals surface area contributed by atoms with Crippen molar-refractivity contribution in [1.29, 1.82) is 0 Å². The molecule has 1 saturated heterocycles. The summed E-state index contributed by atoms with van der Waals surface area (Å²) in [4.78, 5) is 26.6. The van der Waals surface area contributed by atoms with Gasteiger partial charge >= 0.3 is 0 Å². The Bertz CT molecular complexity index is 685. The Hall–Kier alpha value is -2.28. The van der Waals surface area contributed by atoms with Gasteiger partial charge in [-0.25, -0.2) is 15.0 Å². The van der Waals surface area contributed by atoms with Crippen LogP contribution in [-0.4, -0.2) is 51.6 Å². The molecule has 2 aromatic rings. The quantitative estimate of drug-likeness (QED) is 0.851. The third-order valence-corrected chi connectivity index (χ3v) is 3.96. The zero-order valence-corrected chi connectivity index (χ0v) is 13.4. The molecule has 3 heterocycles. The van der Waals surface area contributed by atoms with Gasteiger partial charge in [0, 0.05) is 24.5 Å². The Morgan fingerprint density at radius 1 is 1.35 bits per heavy atom.